The van der Waals surface area contributed by atoms with Crippen LogP contribution in [-0.2, 0) is 9.53 Å². The van der Waals surface area contributed by atoms with Crippen molar-refractivity contribution in [3.8, 4) is 0 Å². The number of carbonyl (C=O) groups excluding carboxylic acids is 1. The molecule has 1 heterocycles. The summed E-state index contributed by atoms with van der Waals surface area (Å²) in [6, 6.07) is 0. The Kier molecular flexibility index (Phi) is 9.11. The molecule has 0 aliphatic carbocycles. The van der Waals surface area contributed by atoms with Crippen LogP contribution in [0.5, 0.6) is 0 Å². The summed E-state index contributed by atoms with van der Waals surface area (Å²) >= 11 is 0. The molecule has 1 aliphatic rings. The molecule has 20 heavy (non-hydrogen) atoms. The molecular formula is C11H21ClF3N3O2. The Labute approximate surface area is 122 Å². The van der Waals surface area contributed by atoms with Crippen LogP contribution in [0.25, 0.3) is 0 Å². The van der Waals surface area contributed by atoms with Crippen molar-refractivity contribution in [2.24, 2.45) is 0 Å². The van der Waals surface area contributed by atoms with Gasteiger partial charge in [0.1, 0.15) is 6.61 Å². The van der Waals surface area contributed by atoms with E-state index in [2.05, 4.69) is 10.1 Å². The monoisotopic (exact) mass is 319 g/mol. The van der Waals surface area contributed by atoms with E-state index < -0.39 is 12.8 Å². The third-order valence-electron chi connectivity index (χ3n) is 2.76. The predicted octanol–water partition coefficient (Wildman–Crippen LogP) is 0.351. The quantitative estimate of drug-likeness (QED) is 0.718. The van der Waals surface area contributed by atoms with Gasteiger partial charge in [-0.25, -0.2) is 0 Å². The number of piperazine rings is 1. The van der Waals surface area contributed by atoms with Crippen molar-refractivity contribution in [1.82, 2.24) is 15.1 Å². The number of halogens is 4. The molecule has 1 amide bonds. The molecule has 5 nitrogen and oxygen atoms in total. The van der Waals surface area contributed by atoms with Crippen molar-refractivity contribution in [2.45, 2.75) is 6.18 Å². The zero-order valence-electron chi connectivity index (χ0n) is 11.4. The average molecular weight is 320 g/mol. The van der Waals surface area contributed by atoms with Crippen LogP contribution in [0, 0.1) is 0 Å². The first kappa shape index (κ1) is 19.4. The van der Waals surface area contributed by atoms with E-state index in [1.54, 1.807) is 16.8 Å². The summed E-state index contributed by atoms with van der Waals surface area (Å²) in [4.78, 5) is 15.3. The van der Waals surface area contributed by atoms with Gasteiger partial charge in [-0.2, -0.15) is 13.2 Å². The highest BCUT2D eigenvalue weighted by molar-refractivity contribution is 5.85. The smallest absolute Gasteiger partial charge is 0.371 e. The number of carbonyl (C=O) groups is 1. The van der Waals surface area contributed by atoms with Gasteiger partial charge in [-0.1, -0.05) is 0 Å². The Balaban J connectivity index is 0.00000361. The van der Waals surface area contributed by atoms with Crippen molar-refractivity contribution in [3.05, 3.63) is 0 Å². The van der Waals surface area contributed by atoms with Crippen molar-refractivity contribution >= 4 is 18.3 Å². The van der Waals surface area contributed by atoms with E-state index in [1.165, 1.54) is 0 Å². The molecule has 1 saturated heterocycles. The molecule has 1 fully saturated rings. The largest absolute Gasteiger partial charge is 0.411 e. The highest BCUT2D eigenvalue weighted by atomic mass is 35.5. The standard InChI is InChI=1S/C11H20F3N3O2.ClH/c1-16(6-7-19-9-11(12,13)14)8-10(18)17-4-2-15-3-5-17;/h15H,2-9H2,1H3;1H. The maximum Gasteiger partial charge on any atom is 0.411 e. The maximum absolute atomic E-state index is 11.8. The molecule has 0 aromatic carbocycles. The van der Waals surface area contributed by atoms with E-state index in [4.69, 9.17) is 0 Å². The fraction of sp³-hybridized carbons (Fsp3) is 0.909. The SMILES string of the molecule is CN(CCOCC(F)(F)F)CC(=O)N1CCNCC1.Cl. The molecule has 0 radical (unpaired) electrons. The summed E-state index contributed by atoms with van der Waals surface area (Å²) in [6.45, 7) is 2.14. The van der Waals surface area contributed by atoms with Gasteiger partial charge in [-0.15, -0.1) is 12.4 Å². The zero-order valence-corrected chi connectivity index (χ0v) is 12.2. The van der Waals surface area contributed by atoms with Gasteiger partial charge < -0.3 is 15.0 Å². The van der Waals surface area contributed by atoms with E-state index >= 15 is 0 Å². The van der Waals surface area contributed by atoms with Crippen molar-refractivity contribution in [3.63, 3.8) is 0 Å². The summed E-state index contributed by atoms with van der Waals surface area (Å²) in [5, 5.41) is 3.14. The number of ether oxygens (including phenoxy) is 1. The van der Waals surface area contributed by atoms with Gasteiger partial charge in [0.25, 0.3) is 0 Å². The molecule has 0 unspecified atom stereocenters. The van der Waals surface area contributed by atoms with Gasteiger partial charge in [0, 0.05) is 32.7 Å². The van der Waals surface area contributed by atoms with Crippen LogP contribution < -0.4 is 5.32 Å². The van der Waals surface area contributed by atoms with Gasteiger partial charge in [-0.05, 0) is 7.05 Å². The summed E-state index contributed by atoms with van der Waals surface area (Å²) in [5.74, 6) is -0.000165. The molecule has 0 atom stereocenters. The lowest BCUT2D eigenvalue weighted by Crippen LogP contribution is -2.49. The number of alkyl halides is 3. The fourth-order valence-electron chi connectivity index (χ4n) is 1.73. The summed E-state index contributed by atoms with van der Waals surface area (Å²) in [7, 11) is 1.69. The molecule has 1 rings (SSSR count). The first-order valence-electron chi connectivity index (χ1n) is 6.20. The lowest BCUT2D eigenvalue weighted by atomic mass is 10.3. The molecule has 0 bridgehead atoms. The lowest BCUT2D eigenvalue weighted by Gasteiger charge is -2.29. The lowest BCUT2D eigenvalue weighted by molar-refractivity contribution is -0.174. The second-order valence-electron chi connectivity index (χ2n) is 4.54. The van der Waals surface area contributed by atoms with Gasteiger partial charge in [0.15, 0.2) is 0 Å². The van der Waals surface area contributed by atoms with E-state index in [-0.39, 0.29) is 31.5 Å². The fourth-order valence-corrected chi connectivity index (χ4v) is 1.73. The first-order valence-corrected chi connectivity index (χ1v) is 6.20. The third kappa shape index (κ3) is 8.57. The molecule has 0 spiro atoms. The van der Waals surface area contributed by atoms with E-state index in [1.807, 2.05) is 0 Å². The van der Waals surface area contributed by atoms with Crippen molar-refractivity contribution in [2.75, 3.05) is 59.5 Å². The van der Waals surface area contributed by atoms with Crippen LogP contribution in [0.15, 0.2) is 0 Å². The molecule has 120 valence electrons. The van der Waals surface area contributed by atoms with Crippen LogP contribution in [0.4, 0.5) is 13.2 Å². The normalized spacial score (nSPS) is 16.1. The number of likely N-dealkylation sites (N-methyl/N-ethyl adjacent to an activating group) is 1. The van der Waals surface area contributed by atoms with Gasteiger partial charge >= 0.3 is 6.18 Å². The molecule has 1 N–H and O–H groups in total. The van der Waals surface area contributed by atoms with Gasteiger partial charge in [-0.3, -0.25) is 9.69 Å². The minimum absolute atomic E-state index is 0. The third-order valence-corrected chi connectivity index (χ3v) is 2.76. The Hall–Kier alpha value is -0.570. The number of rotatable bonds is 6. The van der Waals surface area contributed by atoms with Crippen LogP contribution in [-0.4, -0.2) is 81.4 Å². The summed E-state index contributed by atoms with van der Waals surface area (Å²) in [6.07, 6.45) is -4.30. The van der Waals surface area contributed by atoms with Crippen LogP contribution in [0.2, 0.25) is 0 Å². The van der Waals surface area contributed by atoms with E-state index in [0.717, 1.165) is 13.1 Å². The van der Waals surface area contributed by atoms with Gasteiger partial charge in [0.05, 0.1) is 13.2 Å². The molecule has 0 aromatic rings. The van der Waals surface area contributed by atoms with Gasteiger partial charge in [0.2, 0.25) is 5.91 Å². The Morgan fingerprint density at radius 1 is 1.35 bits per heavy atom. The molecular weight excluding hydrogens is 299 g/mol. The minimum Gasteiger partial charge on any atom is -0.371 e. The zero-order chi connectivity index (χ0) is 14.3. The minimum atomic E-state index is -4.30. The molecule has 1 aliphatic heterocycles. The summed E-state index contributed by atoms with van der Waals surface area (Å²) < 4.78 is 40.0. The number of hydrogen-bond donors (Lipinski definition) is 1. The average Bonchev–Trinajstić information content (AvgIpc) is 2.34. The van der Waals surface area contributed by atoms with Crippen molar-refractivity contribution < 1.29 is 22.7 Å². The Bertz CT molecular complexity index is 287. The number of hydrogen-bond acceptors (Lipinski definition) is 4. The highest BCUT2D eigenvalue weighted by Crippen LogP contribution is 2.14. The highest BCUT2D eigenvalue weighted by Gasteiger charge is 2.27. The predicted molar refractivity (Wildman–Crippen MR) is 71.1 cm³/mol. The van der Waals surface area contributed by atoms with Crippen LogP contribution in [0.1, 0.15) is 0 Å². The second-order valence-corrected chi connectivity index (χ2v) is 4.54. The summed E-state index contributed by atoms with van der Waals surface area (Å²) in [5.41, 5.74) is 0. The topological polar surface area (TPSA) is 44.8 Å². The van der Waals surface area contributed by atoms with E-state index in [9.17, 15) is 18.0 Å². The number of amides is 1. The molecule has 0 aromatic heterocycles. The van der Waals surface area contributed by atoms with Crippen LogP contribution in [0.3, 0.4) is 0 Å². The first-order chi connectivity index (χ1) is 8.88. The number of nitrogens with one attached hydrogen (secondary N) is 1. The van der Waals surface area contributed by atoms with E-state index in [0.29, 0.717) is 19.6 Å². The Morgan fingerprint density at radius 2 is 1.95 bits per heavy atom. The molecule has 9 heteroatoms. The maximum atomic E-state index is 11.8. The second kappa shape index (κ2) is 9.38. The number of nitrogens with zero attached hydrogens (tertiary/aromatic N) is 2. The van der Waals surface area contributed by atoms with Crippen LogP contribution >= 0.6 is 12.4 Å². The van der Waals surface area contributed by atoms with Crippen molar-refractivity contribution in [1.29, 1.82) is 0 Å². The molecule has 0 saturated carbocycles. The Morgan fingerprint density at radius 3 is 2.50 bits per heavy atom.